The molecule has 0 aliphatic heterocycles. The summed E-state index contributed by atoms with van der Waals surface area (Å²) in [5, 5.41) is 47.1. The van der Waals surface area contributed by atoms with Gasteiger partial charge in [0.15, 0.2) is 0 Å². The van der Waals surface area contributed by atoms with Crippen molar-refractivity contribution in [3.8, 4) is 12.1 Å². The number of hydrogen-bond acceptors (Lipinski definition) is 36. The molecule has 48 heteroatoms. The van der Waals surface area contributed by atoms with Crippen molar-refractivity contribution < 1.29 is 275 Å². The summed E-state index contributed by atoms with van der Waals surface area (Å²) in [4.78, 5) is 21.6. The molecular formula is C46H44N14Na6O22S6. The van der Waals surface area contributed by atoms with Gasteiger partial charge in [-0.25, -0.2) is 50.5 Å². The van der Waals surface area contributed by atoms with Crippen molar-refractivity contribution in [3.63, 3.8) is 0 Å². The molecule has 0 saturated carbocycles. The van der Waals surface area contributed by atoms with Crippen LogP contribution in [0.3, 0.4) is 0 Å². The summed E-state index contributed by atoms with van der Waals surface area (Å²) in [5.41, 5.74) is -3.03. The van der Waals surface area contributed by atoms with Gasteiger partial charge >= 0.3 is 177 Å². The van der Waals surface area contributed by atoms with Gasteiger partial charge in [-0.15, -0.1) is 0 Å². The first kappa shape index (κ1) is 91.7. The molecule has 0 aliphatic carbocycles. The predicted octanol–water partition coefficient (Wildman–Crippen LogP) is -17.9. The number of rotatable bonds is 32. The van der Waals surface area contributed by atoms with Gasteiger partial charge in [0.25, 0.3) is 0 Å². The van der Waals surface area contributed by atoms with E-state index in [1.54, 1.807) is 0 Å². The Labute approximate surface area is 672 Å². The summed E-state index contributed by atoms with van der Waals surface area (Å²) >= 11 is 0. The van der Waals surface area contributed by atoms with Gasteiger partial charge in [0.2, 0.25) is 35.7 Å². The van der Waals surface area contributed by atoms with E-state index in [2.05, 4.69) is 51.2 Å². The van der Waals surface area contributed by atoms with Crippen LogP contribution < -0.4 is 208 Å². The van der Waals surface area contributed by atoms with E-state index in [1.807, 2.05) is 12.1 Å². The van der Waals surface area contributed by atoms with Crippen molar-refractivity contribution in [1.29, 1.82) is 10.5 Å². The fourth-order valence-corrected chi connectivity index (χ4v) is 11.1. The van der Waals surface area contributed by atoms with Gasteiger partial charge < -0.3 is 78.1 Å². The average molecular weight is 1480 g/mol. The molecule has 0 unspecified atom stereocenters. The van der Waals surface area contributed by atoms with Gasteiger partial charge in [-0.05, 0) is 71.8 Å². The van der Waals surface area contributed by atoms with Crippen LogP contribution in [0.2, 0.25) is 0 Å². The minimum Gasteiger partial charge on any atom is -0.744 e. The smallest absolute Gasteiger partial charge is 0.744 e. The van der Waals surface area contributed by atoms with E-state index < -0.39 is 136 Å². The molecule has 0 radical (unpaired) electrons. The first-order chi connectivity index (χ1) is 41.2. The largest absolute Gasteiger partial charge is 1.00 e. The SMILES string of the molecule is N#CCCN(CCOCCO)c1nc(Nc2ccc(/C=C/c3ccc(Nc4nc(Nc5cc(S(=O)(=O)[O-])ccc5S(=O)(=O)[O-])nc(N(CCC#N)CCOCCO)n4)cc3S(=O)(=O)[O-])c(S(=O)(=O)[O-])c2)nc(Nc2cc(S(=O)(=O)[O-])ccc2S(=O)(=O)[O-])n1.[Na+].[Na+].[Na+].[Na+].[Na+].[Na+]. The van der Waals surface area contributed by atoms with Crippen molar-refractivity contribution in [1.82, 2.24) is 29.9 Å². The normalized spacial score (nSPS) is 11.5. The van der Waals surface area contributed by atoms with Crippen molar-refractivity contribution >= 4 is 131 Å². The van der Waals surface area contributed by atoms with Crippen LogP contribution in [0, 0.1) is 22.7 Å². The van der Waals surface area contributed by atoms with Crippen LogP contribution in [0.25, 0.3) is 12.2 Å². The van der Waals surface area contributed by atoms with Crippen molar-refractivity contribution in [2.75, 3.05) is 96.9 Å². The molecule has 0 saturated heterocycles. The Morgan fingerprint density at radius 1 is 0.415 bits per heavy atom. The molecular weight excluding hydrogens is 1430 g/mol. The van der Waals surface area contributed by atoms with Crippen LogP contribution in [0.5, 0.6) is 0 Å². The number of aromatic nitrogens is 6. The first-order valence-corrected chi connectivity index (χ1v) is 32.9. The number of nitrogens with one attached hydrogen (secondary N) is 4. The summed E-state index contributed by atoms with van der Waals surface area (Å²) in [6, 6.07) is 12.8. The zero-order chi connectivity index (χ0) is 64.8. The van der Waals surface area contributed by atoms with Gasteiger partial charge in [-0.3, -0.25) is 0 Å². The van der Waals surface area contributed by atoms with E-state index in [0.29, 0.717) is 36.4 Å². The second-order valence-electron chi connectivity index (χ2n) is 17.4. The Morgan fingerprint density at radius 2 is 0.734 bits per heavy atom. The maximum Gasteiger partial charge on any atom is 1.00 e. The molecule has 36 nitrogen and oxygen atoms in total. The van der Waals surface area contributed by atoms with E-state index >= 15 is 0 Å². The molecule has 94 heavy (non-hydrogen) atoms. The van der Waals surface area contributed by atoms with Crippen LogP contribution >= 0.6 is 0 Å². The van der Waals surface area contributed by atoms with Gasteiger partial charge in [-0.2, -0.15) is 40.4 Å². The van der Waals surface area contributed by atoms with Gasteiger partial charge in [0.1, 0.15) is 60.7 Å². The molecule has 0 atom stereocenters. The topological polar surface area (TPSA) is 582 Å². The van der Waals surface area contributed by atoms with Crippen molar-refractivity contribution in [2.24, 2.45) is 0 Å². The molecule has 0 amide bonds. The number of nitrogens with zero attached hydrogens (tertiary/aromatic N) is 10. The summed E-state index contributed by atoms with van der Waals surface area (Å²) in [7, 11) is -32.4. The van der Waals surface area contributed by atoms with Crippen LogP contribution in [0.1, 0.15) is 24.0 Å². The molecule has 0 aliphatic rings. The van der Waals surface area contributed by atoms with Gasteiger partial charge in [-0.1, -0.05) is 24.3 Å². The second-order valence-corrected chi connectivity index (χ2v) is 25.6. The average Bonchev–Trinajstić information content (AvgIpc) is 0.890. The first-order valence-electron chi connectivity index (χ1n) is 24.4. The quantitative estimate of drug-likeness (QED) is 0.00988. The van der Waals surface area contributed by atoms with Crippen molar-refractivity contribution in [3.05, 3.63) is 83.9 Å². The Kier molecular flexibility index (Phi) is 39.8. The minimum absolute atomic E-state index is 0. The molecule has 4 aromatic carbocycles. The second kappa shape index (κ2) is 40.8. The van der Waals surface area contributed by atoms with E-state index in [0.717, 1.165) is 48.6 Å². The fourth-order valence-electron chi connectivity index (χ4n) is 7.48. The molecule has 0 bridgehead atoms. The fraction of sp³-hybridized carbons (Fsp3) is 0.261. The Balaban J connectivity index is 0.0000144. The van der Waals surface area contributed by atoms with E-state index in [9.17, 15) is 98.6 Å². The third-order valence-corrected chi connectivity index (χ3v) is 16.6. The Bertz CT molecular complexity index is 4160. The van der Waals surface area contributed by atoms with Crippen LogP contribution in [-0.4, -0.2) is 184 Å². The molecule has 0 fully saturated rings. The van der Waals surface area contributed by atoms with E-state index in [-0.39, 0.29) is 279 Å². The monoisotopic (exact) mass is 1470 g/mol. The molecule has 6 N–H and O–H groups in total. The number of benzene rings is 4. The third kappa shape index (κ3) is 28.0. The number of aliphatic hydroxyl groups is 2. The zero-order valence-corrected chi connectivity index (χ0v) is 67.4. The van der Waals surface area contributed by atoms with Crippen LogP contribution in [-0.2, 0) is 70.2 Å². The molecule has 6 aromatic rings. The molecule has 0 spiro atoms. The maximum atomic E-state index is 12.9. The van der Waals surface area contributed by atoms with Crippen molar-refractivity contribution in [2.45, 2.75) is 42.2 Å². The summed E-state index contributed by atoms with van der Waals surface area (Å²) < 4.78 is 233. The third-order valence-electron chi connectivity index (χ3n) is 11.3. The summed E-state index contributed by atoms with van der Waals surface area (Å²) in [5.74, 6) is -3.10. The van der Waals surface area contributed by atoms with E-state index in [4.69, 9.17) is 9.47 Å². The minimum atomic E-state index is -5.50. The number of aliphatic hydroxyl groups excluding tert-OH is 2. The van der Waals surface area contributed by atoms with Crippen LogP contribution in [0.15, 0.2) is 102 Å². The Morgan fingerprint density at radius 3 is 1.02 bits per heavy atom. The predicted molar refractivity (Wildman–Crippen MR) is 296 cm³/mol. The van der Waals surface area contributed by atoms with Crippen LogP contribution in [0.4, 0.5) is 58.4 Å². The maximum absolute atomic E-state index is 12.9. The molecule has 6 rings (SSSR count). The molecule has 2 heterocycles. The standard InChI is InChI=1S/C46H50N14O22S6.6Na/c47-13-1-15-59(17-21-81-23-19-61)45-55-41(53-43(57-45)51-35-27-33(83(63,64)65)9-11-37(35)85(69,70)71)49-31-7-5-29(39(25-31)87(75,76)77)3-4-30-6-8-32(26-40(30)88(78,79)80)50-42-54-44(58-46(56-42)60(16-2-14-48)18-22-82-24-20-62)52-36-28-34(84(66,67)68)10-12-38(36)86(72,73)74;;;;;;/h3-12,25-28,61-62H,1-2,15-24H2,(H,63,64,65)(H,66,67,68)(H,69,70,71)(H,72,73,74)(H,75,76,77)(H,78,79,80)(H2,49,51,53,55,57)(H2,50,52,54,56,58);;;;;;/q;6*+1/p-6/b4-3+;;;;;;. The molecule has 2 aromatic heterocycles. The number of anilines is 10. The zero-order valence-electron chi connectivity index (χ0n) is 50.5. The van der Waals surface area contributed by atoms with E-state index in [1.165, 1.54) is 9.80 Å². The Hall–Kier alpha value is -2.28. The summed E-state index contributed by atoms with van der Waals surface area (Å²) in [6.07, 6.45) is 1.51. The summed E-state index contributed by atoms with van der Waals surface area (Å²) in [6.45, 7) is -1.66. The number of nitriles is 2. The van der Waals surface area contributed by atoms with Gasteiger partial charge in [0.05, 0.1) is 105 Å². The molecule has 472 valence electrons. The van der Waals surface area contributed by atoms with Gasteiger partial charge in [0, 0.05) is 37.6 Å². The number of ether oxygens (including phenoxy) is 2. The number of hydrogen-bond donors (Lipinski definition) is 6.